The molecule has 1 aliphatic heterocycles. The van der Waals surface area contributed by atoms with Crippen molar-refractivity contribution in [2.45, 2.75) is 31.8 Å². The van der Waals surface area contributed by atoms with E-state index in [2.05, 4.69) is 36.3 Å². The van der Waals surface area contributed by atoms with Gasteiger partial charge in [0, 0.05) is 16.9 Å². The van der Waals surface area contributed by atoms with Crippen LogP contribution in [0.5, 0.6) is 0 Å². The van der Waals surface area contributed by atoms with Crippen molar-refractivity contribution in [2.24, 2.45) is 0 Å². The summed E-state index contributed by atoms with van der Waals surface area (Å²) in [5.41, 5.74) is 1.04. The van der Waals surface area contributed by atoms with Gasteiger partial charge in [0.05, 0.1) is 18.8 Å². The topological polar surface area (TPSA) is 75.9 Å². The third-order valence-electron chi connectivity index (χ3n) is 3.97. The lowest BCUT2D eigenvalue weighted by molar-refractivity contribution is 0.193. The van der Waals surface area contributed by atoms with Gasteiger partial charge in [-0.2, -0.15) is 5.10 Å². The van der Waals surface area contributed by atoms with Crippen molar-refractivity contribution in [1.82, 2.24) is 24.6 Å². The average Bonchev–Trinajstić information content (AvgIpc) is 3.25. The van der Waals surface area contributed by atoms with Crippen LogP contribution in [-0.4, -0.2) is 37.2 Å². The number of anilines is 1. The normalized spacial score (nSPS) is 17.2. The number of hydrogen-bond acceptors (Lipinski definition) is 4. The Morgan fingerprint density at radius 1 is 1.32 bits per heavy atom. The number of carbonyl (C=O) groups excluding carboxylic acids is 1. The van der Waals surface area contributed by atoms with Gasteiger partial charge in [-0.25, -0.2) is 19.4 Å². The van der Waals surface area contributed by atoms with Gasteiger partial charge in [-0.05, 0) is 40.9 Å². The minimum absolute atomic E-state index is 0.147. The van der Waals surface area contributed by atoms with Crippen molar-refractivity contribution < 1.29 is 4.79 Å². The van der Waals surface area contributed by atoms with Crippen LogP contribution in [-0.2, 0) is 13.1 Å². The molecule has 7 nitrogen and oxygen atoms in total. The number of aromatic nitrogens is 4. The smallest absolute Gasteiger partial charge is 0.315 e. The van der Waals surface area contributed by atoms with Crippen LogP contribution in [0.25, 0.3) is 0 Å². The number of amides is 2. The molecule has 0 aromatic carbocycles. The second kappa shape index (κ2) is 5.35. The van der Waals surface area contributed by atoms with Crippen LogP contribution in [0.15, 0.2) is 22.9 Å². The maximum Gasteiger partial charge on any atom is 0.323 e. The molecular weight excluding hydrogens is 348 g/mol. The van der Waals surface area contributed by atoms with E-state index < -0.39 is 0 Å². The van der Waals surface area contributed by atoms with Gasteiger partial charge in [0.1, 0.15) is 18.0 Å². The van der Waals surface area contributed by atoms with Gasteiger partial charge in [0.25, 0.3) is 0 Å². The number of carbonyl (C=O) groups is 1. The van der Waals surface area contributed by atoms with Crippen LogP contribution in [0.1, 0.15) is 30.3 Å². The van der Waals surface area contributed by atoms with E-state index in [4.69, 9.17) is 0 Å². The third-order valence-corrected chi connectivity index (χ3v) is 4.64. The standard InChI is InChI=1S/C14H15BrN6O/c15-10-3-4-11(18-13(10)9-1-2-9)19-14(22)20-5-6-21-12(7-20)16-8-17-21/h3-4,8-9H,1-2,5-7H2,(H,18,19,22). The SMILES string of the molecule is O=C(Nc1ccc(Br)c(C2CC2)n1)N1CCn2ncnc2C1. The second-order valence-corrected chi connectivity index (χ2v) is 6.44. The number of fused-ring (bicyclic) bond motifs is 1. The zero-order valence-corrected chi connectivity index (χ0v) is 13.5. The van der Waals surface area contributed by atoms with Gasteiger partial charge in [0.2, 0.25) is 0 Å². The monoisotopic (exact) mass is 362 g/mol. The number of halogens is 1. The molecule has 0 saturated heterocycles. The van der Waals surface area contributed by atoms with Gasteiger partial charge in [-0.3, -0.25) is 5.32 Å². The van der Waals surface area contributed by atoms with Crippen molar-refractivity contribution in [3.05, 3.63) is 34.5 Å². The summed E-state index contributed by atoms with van der Waals surface area (Å²) in [7, 11) is 0. The number of nitrogens with zero attached hydrogens (tertiary/aromatic N) is 5. The first-order chi connectivity index (χ1) is 10.7. The molecule has 22 heavy (non-hydrogen) atoms. The number of pyridine rings is 1. The predicted octanol–water partition coefficient (Wildman–Crippen LogP) is 2.36. The van der Waals surface area contributed by atoms with Crippen LogP contribution < -0.4 is 5.32 Å². The Labute approximate surface area is 135 Å². The molecule has 2 aromatic heterocycles. The Bertz CT molecular complexity index is 726. The minimum atomic E-state index is -0.147. The molecule has 2 aromatic rings. The summed E-state index contributed by atoms with van der Waals surface area (Å²) in [4.78, 5) is 22.8. The molecule has 0 radical (unpaired) electrons. The highest BCUT2D eigenvalue weighted by Crippen LogP contribution is 2.42. The van der Waals surface area contributed by atoms with E-state index in [0.717, 1.165) is 16.0 Å². The third kappa shape index (κ3) is 2.58. The van der Waals surface area contributed by atoms with Crippen molar-refractivity contribution >= 4 is 27.8 Å². The molecule has 0 bridgehead atoms. The van der Waals surface area contributed by atoms with E-state index in [1.165, 1.54) is 19.2 Å². The van der Waals surface area contributed by atoms with Crippen molar-refractivity contribution in [3.8, 4) is 0 Å². The zero-order chi connectivity index (χ0) is 15.1. The highest BCUT2D eigenvalue weighted by Gasteiger charge is 2.28. The Hall–Kier alpha value is -1.96. The minimum Gasteiger partial charge on any atom is -0.315 e. The summed E-state index contributed by atoms with van der Waals surface area (Å²) >= 11 is 3.52. The lowest BCUT2D eigenvalue weighted by Gasteiger charge is -2.26. The quantitative estimate of drug-likeness (QED) is 0.889. The molecule has 0 unspecified atom stereocenters. The number of urea groups is 1. The summed E-state index contributed by atoms with van der Waals surface area (Å²) in [5.74, 6) is 1.94. The number of hydrogen-bond donors (Lipinski definition) is 1. The first-order valence-electron chi connectivity index (χ1n) is 7.30. The Morgan fingerprint density at radius 3 is 3.00 bits per heavy atom. The first-order valence-corrected chi connectivity index (χ1v) is 8.09. The fraction of sp³-hybridized carbons (Fsp3) is 0.429. The molecule has 0 atom stereocenters. The fourth-order valence-corrected chi connectivity index (χ4v) is 3.14. The molecule has 1 saturated carbocycles. The number of rotatable bonds is 2. The second-order valence-electron chi connectivity index (χ2n) is 5.59. The van der Waals surface area contributed by atoms with Gasteiger partial charge in [-0.1, -0.05) is 0 Å². The van der Waals surface area contributed by atoms with E-state index in [-0.39, 0.29) is 6.03 Å². The zero-order valence-electron chi connectivity index (χ0n) is 11.9. The highest BCUT2D eigenvalue weighted by atomic mass is 79.9. The molecule has 1 fully saturated rings. The largest absolute Gasteiger partial charge is 0.323 e. The van der Waals surface area contributed by atoms with E-state index in [0.29, 0.717) is 31.4 Å². The fourth-order valence-electron chi connectivity index (χ4n) is 2.60. The molecule has 3 heterocycles. The summed E-state index contributed by atoms with van der Waals surface area (Å²) in [6.07, 6.45) is 3.87. The van der Waals surface area contributed by atoms with Crippen molar-refractivity contribution in [1.29, 1.82) is 0 Å². The number of nitrogens with one attached hydrogen (secondary N) is 1. The van der Waals surface area contributed by atoms with E-state index in [1.54, 1.807) is 4.90 Å². The summed E-state index contributed by atoms with van der Waals surface area (Å²) in [5, 5.41) is 6.99. The molecule has 8 heteroatoms. The molecule has 0 spiro atoms. The molecule has 2 aliphatic rings. The molecular formula is C14H15BrN6O. The highest BCUT2D eigenvalue weighted by molar-refractivity contribution is 9.10. The molecule has 4 rings (SSSR count). The lowest BCUT2D eigenvalue weighted by Crippen LogP contribution is -2.41. The van der Waals surface area contributed by atoms with E-state index in [9.17, 15) is 4.79 Å². The Morgan fingerprint density at radius 2 is 2.18 bits per heavy atom. The Balaban J connectivity index is 1.47. The average molecular weight is 363 g/mol. The van der Waals surface area contributed by atoms with Crippen LogP contribution in [0.3, 0.4) is 0 Å². The molecule has 1 N–H and O–H groups in total. The van der Waals surface area contributed by atoms with Crippen LogP contribution >= 0.6 is 15.9 Å². The van der Waals surface area contributed by atoms with E-state index >= 15 is 0 Å². The maximum atomic E-state index is 12.4. The van der Waals surface area contributed by atoms with Gasteiger partial charge in [-0.15, -0.1) is 0 Å². The van der Waals surface area contributed by atoms with Crippen LogP contribution in [0, 0.1) is 0 Å². The van der Waals surface area contributed by atoms with Gasteiger partial charge >= 0.3 is 6.03 Å². The summed E-state index contributed by atoms with van der Waals surface area (Å²) in [6, 6.07) is 3.62. The summed E-state index contributed by atoms with van der Waals surface area (Å²) in [6.45, 7) is 1.76. The van der Waals surface area contributed by atoms with Crippen molar-refractivity contribution in [2.75, 3.05) is 11.9 Å². The van der Waals surface area contributed by atoms with Crippen LogP contribution in [0.2, 0.25) is 0 Å². The summed E-state index contributed by atoms with van der Waals surface area (Å²) < 4.78 is 2.84. The van der Waals surface area contributed by atoms with Gasteiger partial charge < -0.3 is 4.90 Å². The van der Waals surface area contributed by atoms with E-state index in [1.807, 2.05) is 16.8 Å². The maximum absolute atomic E-state index is 12.4. The first kappa shape index (κ1) is 13.7. The Kier molecular flexibility index (Phi) is 3.33. The predicted molar refractivity (Wildman–Crippen MR) is 83.4 cm³/mol. The lowest BCUT2D eigenvalue weighted by atomic mass is 10.2. The van der Waals surface area contributed by atoms with Gasteiger partial charge in [0.15, 0.2) is 0 Å². The molecule has 1 aliphatic carbocycles. The van der Waals surface area contributed by atoms with Crippen LogP contribution in [0.4, 0.5) is 10.6 Å². The molecule has 114 valence electrons. The van der Waals surface area contributed by atoms with Crippen molar-refractivity contribution in [3.63, 3.8) is 0 Å². The molecule has 2 amide bonds.